The Morgan fingerprint density at radius 3 is 1.79 bits per heavy atom. The highest BCUT2D eigenvalue weighted by Gasteiger charge is 2.32. The van der Waals surface area contributed by atoms with Crippen molar-refractivity contribution in [3.8, 4) is 0 Å². The Morgan fingerprint density at radius 1 is 0.788 bits per heavy atom. The summed E-state index contributed by atoms with van der Waals surface area (Å²) in [5.41, 5.74) is 3.94. The number of nitrogens with zero attached hydrogens (tertiary/aromatic N) is 2. The summed E-state index contributed by atoms with van der Waals surface area (Å²) in [5, 5.41) is 2.85. The van der Waals surface area contributed by atoms with Gasteiger partial charge in [0.05, 0.1) is 0 Å². The maximum Gasteiger partial charge on any atom is 0.312 e. The van der Waals surface area contributed by atoms with Crippen LogP contribution in [0, 0.1) is 12.7 Å². The van der Waals surface area contributed by atoms with Gasteiger partial charge in [0.15, 0.2) is 0 Å². The molecule has 4 rings (SSSR count). The predicted octanol–water partition coefficient (Wildman–Crippen LogP) is 3.76. The summed E-state index contributed by atoms with van der Waals surface area (Å²) >= 11 is 0. The molecule has 1 aliphatic heterocycles. The van der Waals surface area contributed by atoms with Gasteiger partial charge in [-0.3, -0.25) is 14.4 Å². The molecule has 1 fully saturated rings. The fourth-order valence-electron chi connectivity index (χ4n) is 3.65. The SMILES string of the molecule is Cc1ccc(NC(=O)c2ccc(CN3CCN(Cc4ccc(F)cc4)C(=O)C3=O)cc2)cc1. The molecule has 168 valence electrons. The topological polar surface area (TPSA) is 69.7 Å². The highest BCUT2D eigenvalue weighted by atomic mass is 19.1. The van der Waals surface area contributed by atoms with Crippen LogP contribution in [0.2, 0.25) is 0 Å². The lowest BCUT2D eigenvalue weighted by Crippen LogP contribution is -2.53. The molecule has 0 unspecified atom stereocenters. The Balaban J connectivity index is 1.33. The van der Waals surface area contributed by atoms with Gasteiger partial charge in [-0.2, -0.15) is 0 Å². The molecule has 33 heavy (non-hydrogen) atoms. The predicted molar refractivity (Wildman–Crippen MR) is 123 cm³/mol. The molecule has 1 heterocycles. The van der Waals surface area contributed by atoms with Crippen LogP contribution < -0.4 is 5.32 Å². The second-order valence-electron chi connectivity index (χ2n) is 8.10. The van der Waals surface area contributed by atoms with Crippen LogP contribution in [0.4, 0.5) is 10.1 Å². The highest BCUT2D eigenvalue weighted by molar-refractivity contribution is 6.35. The number of anilines is 1. The van der Waals surface area contributed by atoms with Crippen LogP contribution in [0.25, 0.3) is 0 Å². The fourth-order valence-corrected chi connectivity index (χ4v) is 3.65. The van der Waals surface area contributed by atoms with E-state index in [2.05, 4.69) is 5.32 Å². The molecule has 1 saturated heterocycles. The average molecular weight is 445 g/mol. The zero-order valence-electron chi connectivity index (χ0n) is 18.3. The second kappa shape index (κ2) is 9.65. The Morgan fingerprint density at radius 2 is 1.27 bits per heavy atom. The third-order valence-corrected chi connectivity index (χ3v) is 5.58. The number of carbonyl (C=O) groups is 3. The molecule has 0 spiro atoms. The molecular weight excluding hydrogens is 421 g/mol. The first kappa shape index (κ1) is 22.2. The molecule has 0 aliphatic carbocycles. The minimum Gasteiger partial charge on any atom is -0.328 e. The molecule has 0 bridgehead atoms. The van der Waals surface area contributed by atoms with Crippen LogP contribution in [0.15, 0.2) is 72.8 Å². The first-order valence-electron chi connectivity index (χ1n) is 10.7. The Bertz CT molecular complexity index is 1160. The van der Waals surface area contributed by atoms with Crippen molar-refractivity contribution in [3.05, 3.63) is 101 Å². The summed E-state index contributed by atoms with van der Waals surface area (Å²) in [6, 6.07) is 20.4. The molecule has 0 aromatic heterocycles. The van der Waals surface area contributed by atoms with Gasteiger partial charge >= 0.3 is 11.8 Å². The lowest BCUT2D eigenvalue weighted by atomic mass is 10.1. The summed E-state index contributed by atoms with van der Waals surface area (Å²) < 4.78 is 13.1. The highest BCUT2D eigenvalue weighted by Crippen LogP contribution is 2.16. The molecule has 1 aliphatic rings. The first-order chi connectivity index (χ1) is 15.9. The van der Waals surface area contributed by atoms with Crippen LogP contribution >= 0.6 is 0 Å². The van der Waals surface area contributed by atoms with E-state index in [0.717, 1.165) is 22.4 Å². The lowest BCUT2D eigenvalue weighted by Gasteiger charge is -2.33. The zero-order chi connectivity index (χ0) is 23.4. The van der Waals surface area contributed by atoms with Crippen LogP contribution in [0.1, 0.15) is 27.0 Å². The van der Waals surface area contributed by atoms with E-state index < -0.39 is 11.8 Å². The monoisotopic (exact) mass is 445 g/mol. The molecule has 3 aromatic carbocycles. The van der Waals surface area contributed by atoms with Gasteiger partial charge in [0, 0.05) is 37.4 Å². The number of hydrogen-bond acceptors (Lipinski definition) is 3. The van der Waals surface area contributed by atoms with Gasteiger partial charge in [-0.25, -0.2) is 4.39 Å². The van der Waals surface area contributed by atoms with Crippen LogP contribution in [-0.4, -0.2) is 40.6 Å². The summed E-state index contributed by atoms with van der Waals surface area (Å²) in [6.45, 7) is 3.34. The third-order valence-electron chi connectivity index (χ3n) is 5.58. The van der Waals surface area contributed by atoms with Crippen LogP contribution in [0.3, 0.4) is 0 Å². The van der Waals surface area contributed by atoms with E-state index in [-0.39, 0.29) is 24.8 Å². The van der Waals surface area contributed by atoms with Crippen molar-refractivity contribution >= 4 is 23.4 Å². The van der Waals surface area contributed by atoms with Gasteiger partial charge in [0.25, 0.3) is 5.91 Å². The van der Waals surface area contributed by atoms with E-state index in [0.29, 0.717) is 18.7 Å². The van der Waals surface area contributed by atoms with E-state index in [1.54, 1.807) is 36.4 Å². The standard InChI is InChI=1S/C26H24FN3O3/c1-18-2-12-23(13-3-18)28-24(31)21-8-4-19(5-9-21)16-29-14-15-30(26(33)25(29)32)17-20-6-10-22(27)11-7-20/h2-13H,14-17H2,1H3,(H,28,31). The molecule has 6 nitrogen and oxygen atoms in total. The summed E-state index contributed by atoms with van der Waals surface area (Å²) in [5.74, 6) is -1.69. The van der Waals surface area contributed by atoms with E-state index in [4.69, 9.17) is 0 Å². The van der Waals surface area contributed by atoms with Crippen molar-refractivity contribution in [1.82, 2.24) is 9.80 Å². The van der Waals surface area contributed by atoms with E-state index in [9.17, 15) is 18.8 Å². The Labute approximate surface area is 191 Å². The van der Waals surface area contributed by atoms with Gasteiger partial charge in [0.1, 0.15) is 5.82 Å². The number of piperazine rings is 1. The van der Waals surface area contributed by atoms with Gasteiger partial charge in [-0.15, -0.1) is 0 Å². The fraction of sp³-hybridized carbons (Fsp3) is 0.192. The first-order valence-corrected chi connectivity index (χ1v) is 10.7. The summed E-state index contributed by atoms with van der Waals surface area (Å²) in [6.07, 6.45) is 0. The number of amides is 3. The van der Waals surface area contributed by atoms with Gasteiger partial charge in [-0.1, -0.05) is 42.0 Å². The molecule has 0 saturated carbocycles. The van der Waals surface area contributed by atoms with Crippen molar-refractivity contribution < 1.29 is 18.8 Å². The Hall–Kier alpha value is -4.00. The molecule has 3 aromatic rings. The normalized spacial score (nSPS) is 13.9. The van der Waals surface area contributed by atoms with Crippen LogP contribution in [-0.2, 0) is 22.7 Å². The van der Waals surface area contributed by atoms with Crippen molar-refractivity contribution in [2.75, 3.05) is 18.4 Å². The van der Waals surface area contributed by atoms with Gasteiger partial charge < -0.3 is 15.1 Å². The number of hydrogen-bond donors (Lipinski definition) is 1. The Kier molecular flexibility index (Phi) is 6.49. The van der Waals surface area contributed by atoms with Crippen molar-refractivity contribution in [2.24, 2.45) is 0 Å². The smallest absolute Gasteiger partial charge is 0.312 e. The van der Waals surface area contributed by atoms with E-state index >= 15 is 0 Å². The van der Waals surface area contributed by atoms with Crippen molar-refractivity contribution in [1.29, 1.82) is 0 Å². The van der Waals surface area contributed by atoms with E-state index in [1.807, 2.05) is 31.2 Å². The number of nitrogens with one attached hydrogen (secondary N) is 1. The van der Waals surface area contributed by atoms with E-state index in [1.165, 1.54) is 21.9 Å². The number of aryl methyl sites for hydroxylation is 1. The number of carbonyl (C=O) groups excluding carboxylic acids is 3. The van der Waals surface area contributed by atoms with Crippen molar-refractivity contribution in [3.63, 3.8) is 0 Å². The molecular formula is C26H24FN3O3. The number of benzene rings is 3. The zero-order valence-corrected chi connectivity index (χ0v) is 18.3. The lowest BCUT2D eigenvalue weighted by molar-refractivity contribution is -0.156. The second-order valence-corrected chi connectivity index (χ2v) is 8.10. The average Bonchev–Trinajstić information content (AvgIpc) is 2.82. The number of halogens is 1. The van der Waals surface area contributed by atoms with Gasteiger partial charge in [-0.05, 0) is 54.4 Å². The minimum atomic E-state index is -0.570. The van der Waals surface area contributed by atoms with Crippen molar-refractivity contribution in [2.45, 2.75) is 20.0 Å². The molecule has 0 atom stereocenters. The largest absolute Gasteiger partial charge is 0.328 e. The molecule has 7 heteroatoms. The minimum absolute atomic E-state index is 0.217. The maximum absolute atomic E-state index is 13.1. The van der Waals surface area contributed by atoms with Gasteiger partial charge in [0.2, 0.25) is 0 Å². The summed E-state index contributed by atoms with van der Waals surface area (Å²) in [7, 11) is 0. The quantitative estimate of drug-likeness (QED) is 0.588. The maximum atomic E-state index is 13.1. The third kappa shape index (κ3) is 5.44. The summed E-state index contributed by atoms with van der Waals surface area (Å²) in [4.78, 5) is 40.6. The molecule has 1 N–H and O–H groups in total. The molecule has 3 amide bonds. The molecule has 0 radical (unpaired) electrons. The number of rotatable bonds is 6. The van der Waals surface area contributed by atoms with Crippen LogP contribution in [0.5, 0.6) is 0 Å².